The van der Waals surface area contributed by atoms with Crippen molar-refractivity contribution in [2.75, 3.05) is 23.8 Å². The van der Waals surface area contributed by atoms with Gasteiger partial charge in [0.1, 0.15) is 22.4 Å². The summed E-state index contributed by atoms with van der Waals surface area (Å²) in [5.41, 5.74) is 5.77. The first-order valence-electron chi connectivity index (χ1n) is 5.87. The minimum absolute atomic E-state index is 0.196. The van der Waals surface area contributed by atoms with Crippen LogP contribution >= 0.6 is 15.9 Å². The van der Waals surface area contributed by atoms with Gasteiger partial charge in [-0.1, -0.05) is 0 Å². The Bertz CT molecular complexity index is 384. The van der Waals surface area contributed by atoms with Crippen LogP contribution in [0, 0.1) is 0 Å². The molecule has 2 rings (SSSR count). The van der Waals surface area contributed by atoms with Crippen molar-refractivity contribution in [2.45, 2.75) is 31.7 Å². The Hall–Kier alpha value is -0.880. The summed E-state index contributed by atoms with van der Waals surface area (Å²) in [6.45, 7) is 0.998. The van der Waals surface area contributed by atoms with E-state index in [-0.39, 0.29) is 6.61 Å². The van der Waals surface area contributed by atoms with E-state index in [2.05, 4.69) is 30.8 Å². The molecule has 5 nitrogen and oxygen atoms in total. The topological polar surface area (TPSA) is 75.3 Å². The van der Waals surface area contributed by atoms with Gasteiger partial charge in [-0.15, -0.1) is 0 Å². The fraction of sp³-hybridized carbons (Fsp3) is 0.636. The van der Waals surface area contributed by atoms with Crippen molar-refractivity contribution in [3.8, 4) is 0 Å². The number of hydrogen-bond acceptors (Lipinski definition) is 5. The maximum absolute atomic E-state index is 8.96. The van der Waals surface area contributed by atoms with E-state index in [1.165, 1.54) is 25.6 Å². The van der Waals surface area contributed by atoms with E-state index in [1.807, 2.05) is 0 Å². The molecule has 0 atom stereocenters. The van der Waals surface area contributed by atoms with E-state index >= 15 is 0 Å². The molecule has 0 spiro atoms. The molecule has 1 saturated carbocycles. The lowest BCUT2D eigenvalue weighted by atomic mass is 9.91. The summed E-state index contributed by atoms with van der Waals surface area (Å²) in [7, 11) is 0. The number of anilines is 2. The van der Waals surface area contributed by atoms with Crippen molar-refractivity contribution in [3.05, 3.63) is 10.8 Å². The van der Waals surface area contributed by atoms with Crippen LogP contribution in [0.1, 0.15) is 25.7 Å². The summed E-state index contributed by atoms with van der Waals surface area (Å²) in [4.78, 5) is 10.5. The van der Waals surface area contributed by atoms with Crippen LogP contribution in [0.3, 0.4) is 0 Å². The van der Waals surface area contributed by atoms with Gasteiger partial charge in [-0.05, 0) is 41.6 Å². The number of aliphatic hydroxyl groups excluding tert-OH is 1. The van der Waals surface area contributed by atoms with Gasteiger partial charge in [0.15, 0.2) is 0 Å². The highest BCUT2D eigenvalue weighted by Crippen LogP contribution is 2.34. The Kier molecular flexibility index (Phi) is 4.17. The van der Waals surface area contributed by atoms with E-state index in [0.717, 1.165) is 23.3 Å². The van der Waals surface area contributed by atoms with E-state index in [4.69, 9.17) is 10.8 Å². The van der Waals surface area contributed by atoms with Crippen molar-refractivity contribution in [3.63, 3.8) is 0 Å². The standard InChI is InChI=1S/C11H17BrN4O/c12-9-10(13)14-7-15-11(9)16(5-2-6-17)8-3-1-4-8/h7-8,17H,1-6H2,(H2,13,14,15). The second-order valence-corrected chi connectivity index (χ2v) is 5.04. The molecule has 94 valence electrons. The predicted molar refractivity (Wildman–Crippen MR) is 70.8 cm³/mol. The Morgan fingerprint density at radius 2 is 2.24 bits per heavy atom. The summed E-state index contributed by atoms with van der Waals surface area (Å²) in [6.07, 6.45) is 5.86. The molecule has 0 radical (unpaired) electrons. The Labute approximate surface area is 109 Å². The van der Waals surface area contributed by atoms with Crippen LogP contribution in [-0.4, -0.2) is 34.3 Å². The molecule has 3 N–H and O–H groups in total. The summed E-state index contributed by atoms with van der Waals surface area (Å²) in [5.74, 6) is 1.30. The van der Waals surface area contributed by atoms with E-state index < -0.39 is 0 Å². The zero-order chi connectivity index (χ0) is 12.3. The number of hydrogen-bond donors (Lipinski definition) is 2. The van der Waals surface area contributed by atoms with Crippen LogP contribution in [0.5, 0.6) is 0 Å². The molecule has 0 amide bonds. The van der Waals surface area contributed by atoms with Gasteiger partial charge in [-0.25, -0.2) is 9.97 Å². The van der Waals surface area contributed by atoms with Crippen LogP contribution in [0.15, 0.2) is 10.8 Å². The van der Waals surface area contributed by atoms with E-state index in [9.17, 15) is 0 Å². The number of nitrogens with two attached hydrogens (primary N) is 1. The molecule has 1 aromatic rings. The van der Waals surface area contributed by atoms with Gasteiger partial charge in [0, 0.05) is 19.2 Å². The minimum atomic E-state index is 0.196. The molecule has 0 aromatic carbocycles. The third-order valence-corrected chi connectivity index (χ3v) is 3.90. The van der Waals surface area contributed by atoms with Crippen molar-refractivity contribution >= 4 is 27.6 Å². The van der Waals surface area contributed by atoms with Crippen molar-refractivity contribution < 1.29 is 5.11 Å². The molecule has 17 heavy (non-hydrogen) atoms. The molecular weight excluding hydrogens is 284 g/mol. The summed E-state index contributed by atoms with van der Waals surface area (Å²) in [5, 5.41) is 8.96. The average molecular weight is 301 g/mol. The quantitative estimate of drug-likeness (QED) is 0.863. The van der Waals surface area contributed by atoms with Crippen molar-refractivity contribution in [2.24, 2.45) is 0 Å². The lowest BCUT2D eigenvalue weighted by Crippen LogP contribution is -2.42. The first-order chi connectivity index (χ1) is 8.24. The number of nitrogen functional groups attached to an aromatic ring is 1. The third-order valence-electron chi connectivity index (χ3n) is 3.14. The average Bonchev–Trinajstić information content (AvgIpc) is 2.26. The molecule has 0 bridgehead atoms. The fourth-order valence-electron chi connectivity index (χ4n) is 1.97. The molecular formula is C11H17BrN4O. The van der Waals surface area contributed by atoms with Gasteiger partial charge in [-0.2, -0.15) is 0 Å². The normalized spacial score (nSPS) is 15.6. The van der Waals surface area contributed by atoms with Gasteiger partial charge >= 0.3 is 0 Å². The first kappa shape index (κ1) is 12.6. The van der Waals surface area contributed by atoms with Crippen molar-refractivity contribution in [1.82, 2.24) is 9.97 Å². The van der Waals surface area contributed by atoms with Crippen LogP contribution in [0.2, 0.25) is 0 Å². The zero-order valence-electron chi connectivity index (χ0n) is 9.64. The zero-order valence-corrected chi connectivity index (χ0v) is 11.2. The fourth-order valence-corrected chi connectivity index (χ4v) is 2.41. The monoisotopic (exact) mass is 300 g/mol. The highest BCUT2D eigenvalue weighted by atomic mass is 79.9. The van der Waals surface area contributed by atoms with E-state index in [0.29, 0.717) is 11.9 Å². The summed E-state index contributed by atoms with van der Waals surface area (Å²) < 4.78 is 0.754. The first-order valence-corrected chi connectivity index (χ1v) is 6.67. The molecule has 0 aliphatic heterocycles. The number of rotatable bonds is 5. The second-order valence-electron chi connectivity index (χ2n) is 4.25. The number of halogens is 1. The van der Waals surface area contributed by atoms with Gasteiger partial charge in [0.05, 0.1) is 0 Å². The molecule has 1 aliphatic carbocycles. The highest BCUT2D eigenvalue weighted by Gasteiger charge is 2.27. The Morgan fingerprint density at radius 3 is 2.82 bits per heavy atom. The predicted octanol–water partition coefficient (Wildman–Crippen LogP) is 1.56. The minimum Gasteiger partial charge on any atom is -0.396 e. The molecule has 0 unspecified atom stereocenters. The number of aliphatic hydroxyl groups is 1. The van der Waals surface area contributed by atoms with Gasteiger partial charge in [0.2, 0.25) is 0 Å². The van der Waals surface area contributed by atoms with Gasteiger partial charge < -0.3 is 15.7 Å². The molecule has 0 saturated heterocycles. The third kappa shape index (κ3) is 2.69. The van der Waals surface area contributed by atoms with Crippen LogP contribution < -0.4 is 10.6 Å². The van der Waals surface area contributed by atoms with Crippen LogP contribution in [-0.2, 0) is 0 Å². The number of aromatic nitrogens is 2. The van der Waals surface area contributed by atoms with Gasteiger partial charge in [0.25, 0.3) is 0 Å². The van der Waals surface area contributed by atoms with Crippen LogP contribution in [0.25, 0.3) is 0 Å². The molecule has 1 aliphatic rings. The lowest BCUT2D eigenvalue weighted by molar-refractivity contribution is 0.282. The molecule has 1 heterocycles. The molecule has 6 heteroatoms. The lowest BCUT2D eigenvalue weighted by Gasteiger charge is -2.38. The highest BCUT2D eigenvalue weighted by molar-refractivity contribution is 9.10. The molecule has 1 fully saturated rings. The summed E-state index contributed by atoms with van der Waals surface area (Å²) in [6, 6.07) is 0.521. The Balaban J connectivity index is 2.21. The SMILES string of the molecule is Nc1ncnc(N(CCCO)C2CCC2)c1Br. The largest absolute Gasteiger partial charge is 0.396 e. The summed E-state index contributed by atoms with van der Waals surface area (Å²) >= 11 is 3.44. The second kappa shape index (κ2) is 5.64. The maximum atomic E-state index is 8.96. The Morgan fingerprint density at radius 1 is 1.47 bits per heavy atom. The number of nitrogens with zero attached hydrogens (tertiary/aromatic N) is 3. The molecule has 1 aromatic heterocycles. The van der Waals surface area contributed by atoms with Crippen LogP contribution in [0.4, 0.5) is 11.6 Å². The maximum Gasteiger partial charge on any atom is 0.148 e. The smallest absolute Gasteiger partial charge is 0.148 e. The van der Waals surface area contributed by atoms with E-state index in [1.54, 1.807) is 0 Å². The van der Waals surface area contributed by atoms with Gasteiger partial charge in [-0.3, -0.25) is 0 Å². The van der Waals surface area contributed by atoms with Crippen molar-refractivity contribution in [1.29, 1.82) is 0 Å².